The molecule has 0 saturated carbocycles. The SMILES string of the molecule is Cc1ccc(C(=O)N2CCCC2c2ccsc2)cn1. The molecule has 2 aromatic rings. The van der Waals surface area contributed by atoms with Crippen LogP contribution in [0.4, 0.5) is 0 Å². The molecule has 19 heavy (non-hydrogen) atoms. The molecule has 98 valence electrons. The van der Waals surface area contributed by atoms with Gasteiger partial charge in [0.05, 0.1) is 11.6 Å². The minimum absolute atomic E-state index is 0.0983. The molecule has 4 heteroatoms. The van der Waals surface area contributed by atoms with Gasteiger partial charge in [0.1, 0.15) is 0 Å². The van der Waals surface area contributed by atoms with E-state index in [9.17, 15) is 4.79 Å². The number of amides is 1. The maximum absolute atomic E-state index is 12.6. The summed E-state index contributed by atoms with van der Waals surface area (Å²) in [6.45, 7) is 2.77. The Morgan fingerprint density at radius 2 is 2.32 bits per heavy atom. The van der Waals surface area contributed by atoms with Crippen molar-refractivity contribution >= 4 is 17.2 Å². The van der Waals surface area contributed by atoms with Crippen molar-refractivity contribution in [2.45, 2.75) is 25.8 Å². The van der Waals surface area contributed by atoms with Crippen LogP contribution in [0.3, 0.4) is 0 Å². The van der Waals surface area contributed by atoms with Crippen molar-refractivity contribution in [2.75, 3.05) is 6.54 Å². The number of thiophene rings is 1. The quantitative estimate of drug-likeness (QED) is 0.839. The van der Waals surface area contributed by atoms with Gasteiger partial charge in [-0.2, -0.15) is 11.3 Å². The second-order valence-corrected chi connectivity index (χ2v) is 5.68. The number of hydrogen-bond donors (Lipinski definition) is 0. The van der Waals surface area contributed by atoms with E-state index in [-0.39, 0.29) is 11.9 Å². The molecule has 1 saturated heterocycles. The van der Waals surface area contributed by atoms with Gasteiger partial charge in [0.15, 0.2) is 0 Å². The van der Waals surface area contributed by atoms with Gasteiger partial charge in [0.25, 0.3) is 5.91 Å². The van der Waals surface area contributed by atoms with E-state index in [4.69, 9.17) is 0 Å². The van der Waals surface area contributed by atoms with Crippen LogP contribution in [0, 0.1) is 6.92 Å². The summed E-state index contributed by atoms with van der Waals surface area (Å²) in [6, 6.07) is 6.12. The Hall–Kier alpha value is -1.68. The van der Waals surface area contributed by atoms with Gasteiger partial charge in [-0.15, -0.1) is 0 Å². The summed E-state index contributed by atoms with van der Waals surface area (Å²) in [5, 5.41) is 4.22. The number of aryl methyl sites for hydroxylation is 1. The Morgan fingerprint density at radius 3 is 3.00 bits per heavy atom. The highest BCUT2D eigenvalue weighted by molar-refractivity contribution is 7.07. The number of nitrogens with zero attached hydrogens (tertiary/aromatic N) is 2. The lowest BCUT2D eigenvalue weighted by molar-refractivity contribution is 0.0735. The van der Waals surface area contributed by atoms with Gasteiger partial charge in [0, 0.05) is 18.4 Å². The van der Waals surface area contributed by atoms with Gasteiger partial charge in [0.2, 0.25) is 0 Å². The molecule has 3 rings (SSSR count). The van der Waals surface area contributed by atoms with E-state index in [1.165, 1.54) is 5.56 Å². The van der Waals surface area contributed by atoms with Gasteiger partial charge in [-0.25, -0.2) is 0 Å². The molecule has 1 unspecified atom stereocenters. The van der Waals surface area contributed by atoms with Crippen LogP contribution in [-0.4, -0.2) is 22.3 Å². The summed E-state index contributed by atoms with van der Waals surface area (Å²) >= 11 is 1.69. The first-order valence-corrected chi connectivity index (χ1v) is 7.46. The van der Waals surface area contributed by atoms with E-state index in [0.717, 1.165) is 25.1 Å². The van der Waals surface area contributed by atoms with E-state index in [0.29, 0.717) is 5.56 Å². The molecule has 3 nitrogen and oxygen atoms in total. The molecule has 0 radical (unpaired) electrons. The van der Waals surface area contributed by atoms with Crippen molar-refractivity contribution in [2.24, 2.45) is 0 Å². The minimum Gasteiger partial charge on any atom is -0.332 e. The predicted octanol–water partition coefficient (Wildman–Crippen LogP) is 3.43. The first-order chi connectivity index (χ1) is 9.25. The molecule has 1 fully saturated rings. The molecular formula is C15H16N2OS. The number of carbonyl (C=O) groups is 1. The lowest BCUT2D eigenvalue weighted by Gasteiger charge is -2.24. The Kier molecular flexibility index (Phi) is 3.34. The monoisotopic (exact) mass is 272 g/mol. The molecular weight excluding hydrogens is 256 g/mol. The topological polar surface area (TPSA) is 33.2 Å². The number of likely N-dealkylation sites (tertiary alicyclic amines) is 1. The Labute approximate surface area is 116 Å². The van der Waals surface area contributed by atoms with Crippen LogP contribution in [0.15, 0.2) is 35.2 Å². The van der Waals surface area contributed by atoms with Crippen LogP contribution in [0.5, 0.6) is 0 Å². The van der Waals surface area contributed by atoms with Gasteiger partial charge < -0.3 is 4.90 Å². The second kappa shape index (κ2) is 5.13. The van der Waals surface area contributed by atoms with E-state index < -0.39 is 0 Å². The zero-order valence-corrected chi connectivity index (χ0v) is 11.7. The van der Waals surface area contributed by atoms with Crippen LogP contribution in [0.25, 0.3) is 0 Å². The molecule has 1 aliphatic rings. The molecule has 0 aliphatic carbocycles. The average Bonchev–Trinajstić information content (AvgIpc) is 3.09. The second-order valence-electron chi connectivity index (χ2n) is 4.90. The number of hydrogen-bond acceptors (Lipinski definition) is 3. The van der Waals surface area contributed by atoms with Gasteiger partial charge >= 0.3 is 0 Å². The smallest absolute Gasteiger partial charge is 0.255 e. The highest BCUT2D eigenvalue weighted by Gasteiger charge is 2.30. The Morgan fingerprint density at radius 1 is 1.42 bits per heavy atom. The van der Waals surface area contributed by atoms with E-state index >= 15 is 0 Å². The van der Waals surface area contributed by atoms with Crippen LogP contribution < -0.4 is 0 Å². The van der Waals surface area contributed by atoms with Gasteiger partial charge in [-0.1, -0.05) is 0 Å². The van der Waals surface area contributed by atoms with Crippen molar-refractivity contribution in [3.8, 4) is 0 Å². The lowest BCUT2D eigenvalue weighted by atomic mass is 10.1. The van der Waals surface area contributed by atoms with E-state index in [2.05, 4.69) is 21.8 Å². The summed E-state index contributed by atoms with van der Waals surface area (Å²) in [4.78, 5) is 18.7. The fraction of sp³-hybridized carbons (Fsp3) is 0.333. The van der Waals surface area contributed by atoms with Crippen LogP contribution >= 0.6 is 11.3 Å². The fourth-order valence-electron chi connectivity index (χ4n) is 2.58. The fourth-order valence-corrected chi connectivity index (χ4v) is 3.29. The van der Waals surface area contributed by atoms with Gasteiger partial charge in [-0.05, 0) is 54.3 Å². The molecule has 3 heterocycles. The number of rotatable bonds is 2. The van der Waals surface area contributed by atoms with Crippen molar-refractivity contribution in [1.29, 1.82) is 0 Å². The largest absolute Gasteiger partial charge is 0.332 e. The molecule has 0 N–H and O–H groups in total. The van der Waals surface area contributed by atoms with E-state index in [1.807, 2.05) is 24.0 Å². The normalized spacial score (nSPS) is 18.8. The Balaban J connectivity index is 1.84. The summed E-state index contributed by atoms with van der Waals surface area (Å²) in [7, 11) is 0. The minimum atomic E-state index is 0.0983. The Bertz CT molecular complexity index is 562. The highest BCUT2D eigenvalue weighted by Crippen LogP contribution is 2.33. The molecule has 2 aromatic heterocycles. The van der Waals surface area contributed by atoms with Crippen molar-refractivity contribution in [1.82, 2.24) is 9.88 Å². The first kappa shape index (κ1) is 12.4. The van der Waals surface area contributed by atoms with Crippen molar-refractivity contribution in [3.63, 3.8) is 0 Å². The summed E-state index contributed by atoms with van der Waals surface area (Å²) < 4.78 is 0. The van der Waals surface area contributed by atoms with Crippen molar-refractivity contribution in [3.05, 3.63) is 52.0 Å². The third kappa shape index (κ3) is 2.40. The maximum atomic E-state index is 12.6. The molecule has 0 bridgehead atoms. The molecule has 1 aliphatic heterocycles. The molecule has 1 atom stereocenters. The van der Waals surface area contributed by atoms with Gasteiger partial charge in [-0.3, -0.25) is 9.78 Å². The molecule has 1 amide bonds. The van der Waals surface area contributed by atoms with E-state index in [1.54, 1.807) is 17.5 Å². The van der Waals surface area contributed by atoms with Crippen LogP contribution in [-0.2, 0) is 0 Å². The van der Waals surface area contributed by atoms with Crippen molar-refractivity contribution < 1.29 is 4.79 Å². The first-order valence-electron chi connectivity index (χ1n) is 6.51. The third-order valence-electron chi connectivity index (χ3n) is 3.60. The average molecular weight is 272 g/mol. The maximum Gasteiger partial charge on any atom is 0.255 e. The number of aromatic nitrogens is 1. The lowest BCUT2D eigenvalue weighted by Crippen LogP contribution is -2.30. The number of pyridine rings is 1. The zero-order chi connectivity index (χ0) is 13.2. The molecule has 0 spiro atoms. The molecule has 0 aromatic carbocycles. The number of carbonyl (C=O) groups excluding carboxylic acids is 1. The zero-order valence-electron chi connectivity index (χ0n) is 10.9. The third-order valence-corrected chi connectivity index (χ3v) is 4.30. The van der Waals surface area contributed by atoms with Crippen LogP contribution in [0.2, 0.25) is 0 Å². The summed E-state index contributed by atoms with van der Waals surface area (Å²) in [6.07, 6.45) is 3.81. The van der Waals surface area contributed by atoms with Crippen LogP contribution in [0.1, 0.15) is 40.5 Å². The standard InChI is InChI=1S/C15H16N2OS/c1-11-4-5-12(9-16-11)15(18)17-7-2-3-14(17)13-6-8-19-10-13/h4-6,8-10,14H,2-3,7H2,1H3. The predicted molar refractivity (Wildman–Crippen MR) is 76.3 cm³/mol. The summed E-state index contributed by atoms with van der Waals surface area (Å²) in [5.41, 5.74) is 2.89. The highest BCUT2D eigenvalue weighted by atomic mass is 32.1. The summed E-state index contributed by atoms with van der Waals surface area (Å²) in [5.74, 6) is 0.0983.